The minimum absolute atomic E-state index is 0.188. The molecule has 3 rings (SSSR count). The summed E-state index contributed by atoms with van der Waals surface area (Å²) in [7, 11) is 0. The zero-order chi connectivity index (χ0) is 13.4. The molecule has 0 N–H and O–H groups in total. The van der Waals surface area contributed by atoms with Crippen LogP contribution in [0.3, 0.4) is 0 Å². The fourth-order valence-corrected chi connectivity index (χ4v) is 3.19. The smallest absolute Gasteiger partial charge is 0.196 e. The van der Waals surface area contributed by atoms with Crippen molar-refractivity contribution in [3.8, 4) is 0 Å². The van der Waals surface area contributed by atoms with E-state index in [2.05, 4.69) is 4.90 Å². The first-order valence-electron chi connectivity index (χ1n) is 6.79. The van der Waals surface area contributed by atoms with Crippen molar-refractivity contribution < 1.29 is 13.2 Å². The van der Waals surface area contributed by atoms with Crippen molar-refractivity contribution in [3.05, 3.63) is 29.6 Å². The largest absolute Gasteiger partial charge is 0.367 e. The van der Waals surface area contributed by atoms with Gasteiger partial charge in [-0.2, -0.15) is 0 Å². The van der Waals surface area contributed by atoms with Crippen LogP contribution in [0.5, 0.6) is 0 Å². The summed E-state index contributed by atoms with van der Waals surface area (Å²) in [5, 5.41) is 0. The zero-order valence-electron chi connectivity index (χ0n) is 10.7. The summed E-state index contributed by atoms with van der Waals surface area (Å²) in [6.45, 7) is 3.49. The van der Waals surface area contributed by atoms with Gasteiger partial charge in [-0.25, -0.2) is 13.2 Å². The van der Waals surface area contributed by atoms with Gasteiger partial charge in [-0.05, 0) is 37.9 Å². The van der Waals surface area contributed by atoms with E-state index in [1.54, 1.807) is 0 Å². The minimum atomic E-state index is -1.37. The zero-order valence-corrected chi connectivity index (χ0v) is 10.7. The monoisotopic (exact) mass is 270 g/mol. The summed E-state index contributed by atoms with van der Waals surface area (Å²) in [6.07, 6.45) is 3.19. The highest BCUT2D eigenvalue weighted by Gasteiger charge is 2.30. The molecule has 104 valence electrons. The van der Waals surface area contributed by atoms with Gasteiger partial charge in [0.2, 0.25) is 0 Å². The van der Waals surface area contributed by atoms with Crippen molar-refractivity contribution in [3.63, 3.8) is 0 Å². The average Bonchev–Trinajstić information content (AvgIpc) is 2.74. The maximum atomic E-state index is 13.9. The second-order valence-electron chi connectivity index (χ2n) is 5.33. The lowest BCUT2D eigenvalue weighted by molar-refractivity contribution is 0.273. The molecule has 0 amide bonds. The van der Waals surface area contributed by atoms with Gasteiger partial charge in [0, 0.05) is 25.7 Å². The van der Waals surface area contributed by atoms with Gasteiger partial charge in [0.05, 0.1) is 5.69 Å². The van der Waals surface area contributed by atoms with E-state index >= 15 is 0 Å². The normalized spacial score (nSPS) is 24.4. The molecule has 0 aromatic heterocycles. The number of fused-ring (bicyclic) bond motifs is 1. The van der Waals surface area contributed by atoms with Gasteiger partial charge in [-0.3, -0.25) is 4.90 Å². The fourth-order valence-electron chi connectivity index (χ4n) is 3.19. The third-order valence-corrected chi connectivity index (χ3v) is 4.16. The van der Waals surface area contributed by atoms with E-state index < -0.39 is 17.5 Å². The van der Waals surface area contributed by atoms with E-state index in [1.807, 2.05) is 4.90 Å². The SMILES string of the molecule is Fc1ccc(N2CCCN3CCCC3C2)c(F)c1F. The van der Waals surface area contributed by atoms with E-state index in [1.165, 1.54) is 12.5 Å². The molecule has 2 heterocycles. The summed E-state index contributed by atoms with van der Waals surface area (Å²) >= 11 is 0. The topological polar surface area (TPSA) is 6.48 Å². The van der Waals surface area contributed by atoms with Crippen LogP contribution in [0.2, 0.25) is 0 Å². The van der Waals surface area contributed by atoms with Gasteiger partial charge in [0.1, 0.15) is 0 Å². The summed E-state index contributed by atoms with van der Waals surface area (Å²) < 4.78 is 40.2. The molecule has 0 radical (unpaired) electrons. The Labute approximate surface area is 110 Å². The van der Waals surface area contributed by atoms with Crippen molar-refractivity contribution in [2.24, 2.45) is 0 Å². The highest BCUT2D eigenvalue weighted by molar-refractivity contribution is 5.48. The molecule has 19 heavy (non-hydrogen) atoms. The molecule has 0 bridgehead atoms. The van der Waals surface area contributed by atoms with Crippen LogP contribution in [0, 0.1) is 17.5 Å². The van der Waals surface area contributed by atoms with Crippen LogP contribution in [0.1, 0.15) is 19.3 Å². The highest BCUT2D eigenvalue weighted by Crippen LogP contribution is 2.28. The molecule has 1 aromatic carbocycles. The van der Waals surface area contributed by atoms with Crippen molar-refractivity contribution in [1.29, 1.82) is 0 Å². The van der Waals surface area contributed by atoms with Crippen LogP contribution >= 0.6 is 0 Å². The third-order valence-electron chi connectivity index (χ3n) is 4.16. The Kier molecular flexibility index (Phi) is 3.39. The second-order valence-corrected chi connectivity index (χ2v) is 5.33. The first-order valence-corrected chi connectivity index (χ1v) is 6.79. The second kappa shape index (κ2) is 5.04. The molecular formula is C14H17F3N2. The van der Waals surface area contributed by atoms with Crippen LogP contribution in [-0.4, -0.2) is 37.1 Å². The lowest BCUT2D eigenvalue weighted by atomic mass is 10.2. The van der Waals surface area contributed by atoms with Crippen molar-refractivity contribution in [1.82, 2.24) is 4.90 Å². The fraction of sp³-hybridized carbons (Fsp3) is 0.571. The Morgan fingerprint density at radius 3 is 2.58 bits per heavy atom. The molecule has 2 fully saturated rings. The Hall–Kier alpha value is -1.23. The Morgan fingerprint density at radius 2 is 1.74 bits per heavy atom. The Balaban J connectivity index is 1.87. The molecule has 2 nitrogen and oxygen atoms in total. The molecule has 5 heteroatoms. The molecule has 2 aliphatic heterocycles. The van der Waals surface area contributed by atoms with E-state index in [4.69, 9.17) is 0 Å². The number of halogens is 3. The van der Waals surface area contributed by atoms with Crippen molar-refractivity contribution >= 4 is 5.69 Å². The van der Waals surface area contributed by atoms with Gasteiger partial charge in [0.15, 0.2) is 17.5 Å². The third kappa shape index (κ3) is 2.31. The maximum Gasteiger partial charge on any atom is 0.196 e. The van der Waals surface area contributed by atoms with Crippen molar-refractivity contribution in [2.45, 2.75) is 25.3 Å². The standard InChI is InChI=1S/C14H17F3N2/c15-11-4-5-12(14(17)13(11)16)19-8-2-7-18-6-1-3-10(18)9-19/h4-5,10H,1-3,6-9H2. The number of hydrogen-bond acceptors (Lipinski definition) is 2. The van der Waals surface area contributed by atoms with Crippen molar-refractivity contribution in [2.75, 3.05) is 31.1 Å². The Bertz CT molecular complexity index is 478. The number of anilines is 1. The number of hydrogen-bond donors (Lipinski definition) is 0. The van der Waals surface area contributed by atoms with E-state index in [-0.39, 0.29) is 5.69 Å². The summed E-state index contributed by atoms with van der Waals surface area (Å²) in [4.78, 5) is 4.27. The van der Waals surface area contributed by atoms with E-state index in [0.29, 0.717) is 19.1 Å². The first kappa shape index (κ1) is 12.8. The van der Waals surface area contributed by atoms with Crippen LogP contribution < -0.4 is 4.90 Å². The first-order chi connectivity index (χ1) is 9.16. The number of rotatable bonds is 1. The number of nitrogens with zero attached hydrogens (tertiary/aromatic N) is 2. The van der Waals surface area contributed by atoms with Gasteiger partial charge in [-0.1, -0.05) is 0 Å². The summed E-state index contributed by atoms with van der Waals surface area (Å²) in [5.74, 6) is -3.56. The Morgan fingerprint density at radius 1 is 0.947 bits per heavy atom. The van der Waals surface area contributed by atoms with Crippen LogP contribution in [0.25, 0.3) is 0 Å². The minimum Gasteiger partial charge on any atom is -0.367 e. The van der Waals surface area contributed by atoms with E-state index in [0.717, 1.165) is 32.0 Å². The summed E-state index contributed by atoms with van der Waals surface area (Å²) in [5.41, 5.74) is 0.188. The van der Waals surface area contributed by atoms with Crippen LogP contribution in [0.4, 0.5) is 18.9 Å². The summed E-state index contributed by atoms with van der Waals surface area (Å²) in [6, 6.07) is 2.76. The highest BCUT2D eigenvalue weighted by atomic mass is 19.2. The maximum absolute atomic E-state index is 13.9. The molecule has 1 atom stereocenters. The number of benzene rings is 1. The van der Waals surface area contributed by atoms with Crippen LogP contribution in [-0.2, 0) is 0 Å². The lowest BCUT2D eigenvalue weighted by Crippen LogP contribution is -2.37. The molecule has 2 saturated heterocycles. The average molecular weight is 270 g/mol. The van der Waals surface area contributed by atoms with Gasteiger partial charge in [-0.15, -0.1) is 0 Å². The lowest BCUT2D eigenvalue weighted by Gasteiger charge is -2.27. The predicted molar refractivity (Wildman–Crippen MR) is 67.7 cm³/mol. The molecule has 0 spiro atoms. The molecular weight excluding hydrogens is 253 g/mol. The molecule has 1 aromatic rings. The molecule has 1 unspecified atom stereocenters. The van der Waals surface area contributed by atoms with Gasteiger partial charge < -0.3 is 4.90 Å². The van der Waals surface area contributed by atoms with Gasteiger partial charge >= 0.3 is 0 Å². The van der Waals surface area contributed by atoms with E-state index in [9.17, 15) is 13.2 Å². The quantitative estimate of drug-likeness (QED) is 0.724. The predicted octanol–water partition coefficient (Wildman–Crippen LogP) is 2.78. The van der Waals surface area contributed by atoms with Gasteiger partial charge in [0.25, 0.3) is 0 Å². The van der Waals surface area contributed by atoms with Crippen LogP contribution in [0.15, 0.2) is 12.1 Å². The molecule has 0 aliphatic carbocycles. The molecule has 2 aliphatic rings. The molecule has 0 saturated carbocycles.